The maximum Gasteiger partial charge on any atom is 0.300 e. The fourth-order valence-electron chi connectivity index (χ4n) is 4.24. The number of aliphatic hydroxyl groups excluding tert-OH is 1. The summed E-state index contributed by atoms with van der Waals surface area (Å²) in [6.07, 6.45) is 0. The van der Waals surface area contributed by atoms with Gasteiger partial charge in [-0.05, 0) is 61.7 Å². The molecule has 1 atom stereocenters. The van der Waals surface area contributed by atoms with Crippen molar-refractivity contribution in [2.75, 3.05) is 12.0 Å². The van der Waals surface area contributed by atoms with Crippen LogP contribution in [-0.4, -0.2) is 23.9 Å². The minimum Gasteiger partial charge on any atom is -0.507 e. The number of ketones is 1. The van der Waals surface area contributed by atoms with Gasteiger partial charge >= 0.3 is 0 Å². The normalized spacial score (nSPS) is 17.6. The van der Waals surface area contributed by atoms with E-state index in [9.17, 15) is 14.7 Å². The second-order valence-electron chi connectivity index (χ2n) is 8.05. The van der Waals surface area contributed by atoms with Crippen LogP contribution >= 0.6 is 0 Å². The summed E-state index contributed by atoms with van der Waals surface area (Å²) in [5, 5.41) is 11.3. The molecule has 1 amide bonds. The molecule has 0 bridgehead atoms. The lowest BCUT2D eigenvalue weighted by Gasteiger charge is -2.27. The number of methoxy groups -OCH3 is 1. The molecule has 0 radical (unpaired) electrons. The maximum atomic E-state index is 13.3. The minimum absolute atomic E-state index is 0.0807. The Bertz CT molecular complexity index is 1260. The van der Waals surface area contributed by atoms with Crippen molar-refractivity contribution in [3.05, 3.63) is 100 Å². The summed E-state index contributed by atoms with van der Waals surface area (Å²) in [6.45, 7) is 5.68. The van der Waals surface area contributed by atoms with Crippen molar-refractivity contribution in [2.24, 2.45) is 0 Å². The number of aryl methyl sites for hydroxylation is 3. The van der Waals surface area contributed by atoms with Crippen molar-refractivity contribution in [1.82, 2.24) is 0 Å². The molecule has 1 aliphatic rings. The van der Waals surface area contributed by atoms with Crippen LogP contribution in [0.15, 0.2) is 72.3 Å². The number of carbonyl (C=O) groups excluding carboxylic acids is 2. The molecule has 32 heavy (non-hydrogen) atoms. The van der Waals surface area contributed by atoms with Crippen LogP contribution in [-0.2, 0) is 9.59 Å². The van der Waals surface area contributed by atoms with Crippen molar-refractivity contribution in [3.8, 4) is 5.75 Å². The molecule has 1 N–H and O–H groups in total. The standard InChI is InChI=1S/C27H25NO4/c1-16-8-7-10-19(14-16)24-23(25(29)21-13-12-20(32-4)15-18(21)3)26(30)27(31)28(24)22-11-6-5-9-17(22)2/h5-15,24,29H,1-4H3/b25-23-. The molecule has 0 spiro atoms. The fraction of sp³-hybridized carbons (Fsp3) is 0.185. The first-order valence-electron chi connectivity index (χ1n) is 10.4. The Balaban J connectivity index is 1.98. The van der Waals surface area contributed by atoms with E-state index in [1.54, 1.807) is 25.3 Å². The highest BCUT2D eigenvalue weighted by atomic mass is 16.5. The SMILES string of the molecule is COc1ccc(/C(O)=C2/C(=O)C(=O)N(c3ccccc3C)C2c2cccc(C)c2)c(C)c1. The number of para-hydroxylation sites is 1. The van der Waals surface area contributed by atoms with Gasteiger partial charge in [-0.1, -0.05) is 48.0 Å². The number of hydrogen-bond donors (Lipinski definition) is 1. The second-order valence-corrected chi connectivity index (χ2v) is 8.05. The zero-order chi connectivity index (χ0) is 23.0. The average Bonchev–Trinajstić information content (AvgIpc) is 3.04. The summed E-state index contributed by atoms with van der Waals surface area (Å²) >= 11 is 0. The van der Waals surface area contributed by atoms with Gasteiger partial charge in [0.25, 0.3) is 11.7 Å². The smallest absolute Gasteiger partial charge is 0.300 e. The van der Waals surface area contributed by atoms with Gasteiger partial charge in [0.15, 0.2) is 0 Å². The van der Waals surface area contributed by atoms with Gasteiger partial charge in [0.2, 0.25) is 0 Å². The predicted molar refractivity (Wildman–Crippen MR) is 125 cm³/mol. The largest absolute Gasteiger partial charge is 0.507 e. The molecule has 4 rings (SSSR count). The summed E-state index contributed by atoms with van der Waals surface area (Å²) in [4.78, 5) is 28.1. The van der Waals surface area contributed by atoms with Crippen LogP contribution in [0.1, 0.15) is 33.9 Å². The van der Waals surface area contributed by atoms with Gasteiger partial charge in [-0.2, -0.15) is 0 Å². The van der Waals surface area contributed by atoms with E-state index in [1.807, 2.05) is 69.3 Å². The fourth-order valence-corrected chi connectivity index (χ4v) is 4.24. The average molecular weight is 428 g/mol. The molecule has 1 heterocycles. The molecule has 0 aromatic heterocycles. The van der Waals surface area contributed by atoms with Crippen molar-refractivity contribution in [3.63, 3.8) is 0 Å². The van der Waals surface area contributed by atoms with Crippen LogP contribution in [0.2, 0.25) is 0 Å². The van der Waals surface area contributed by atoms with Crippen molar-refractivity contribution in [1.29, 1.82) is 0 Å². The molecule has 0 aliphatic carbocycles. The van der Waals surface area contributed by atoms with E-state index < -0.39 is 17.7 Å². The van der Waals surface area contributed by atoms with E-state index >= 15 is 0 Å². The van der Waals surface area contributed by atoms with E-state index in [4.69, 9.17) is 4.74 Å². The van der Waals surface area contributed by atoms with Crippen LogP contribution in [0.4, 0.5) is 5.69 Å². The van der Waals surface area contributed by atoms with E-state index in [0.29, 0.717) is 17.0 Å². The number of aliphatic hydroxyl groups is 1. The number of carbonyl (C=O) groups is 2. The number of benzene rings is 3. The third kappa shape index (κ3) is 3.56. The summed E-state index contributed by atoms with van der Waals surface area (Å²) in [5.74, 6) is -0.897. The van der Waals surface area contributed by atoms with Crippen molar-refractivity contribution < 1.29 is 19.4 Å². The second kappa shape index (κ2) is 8.35. The Morgan fingerprint density at radius 2 is 1.66 bits per heavy atom. The predicted octanol–water partition coefficient (Wildman–Crippen LogP) is 5.25. The lowest BCUT2D eigenvalue weighted by molar-refractivity contribution is -0.132. The molecule has 162 valence electrons. The third-order valence-corrected chi connectivity index (χ3v) is 5.87. The van der Waals surface area contributed by atoms with Gasteiger partial charge in [-0.3, -0.25) is 14.5 Å². The molecule has 1 saturated heterocycles. The highest BCUT2D eigenvalue weighted by Crippen LogP contribution is 2.43. The van der Waals surface area contributed by atoms with Crippen LogP contribution in [0.5, 0.6) is 5.75 Å². The molecule has 3 aromatic rings. The summed E-state index contributed by atoms with van der Waals surface area (Å²) in [5.41, 5.74) is 4.59. The van der Waals surface area contributed by atoms with Gasteiger partial charge in [0.05, 0.1) is 18.7 Å². The van der Waals surface area contributed by atoms with Gasteiger partial charge < -0.3 is 9.84 Å². The molecule has 1 fully saturated rings. The van der Waals surface area contributed by atoms with Crippen LogP contribution in [0, 0.1) is 20.8 Å². The van der Waals surface area contributed by atoms with E-state index in [-0.39, 0.29) is 11.3 Å². The summed E-state index contributed by atoms with van der Waals surface area (Å²) in [7, 11) is 1.57. The number of ether oxygens (including phenoxy) is 1. The maximum absolute atomic E-state index is 13.3. The topological polar surface area (TPSA) is 66.8 Å². The number of rotatable bonds is 4. The molecule has 3 aromatic carbocycles. The van der Waals surface area contributed by atoms with E-state index in [1.165, 1.54) is 4.90 Å². The van der Waals surface area contributed by atoms with Gasteiger partial charge in [0, 0.05) is 11.3 Å². The molecular formula is C27H25NO4. The van der Waals surface area contributed by atoms with Crippen molar-refractivity contribution >= 4 is 23.1 Å². The van der Waals surface area contributed by atoms with Gasteiger partial charge in [0.1, 0.15) is 11.5 Å². The van der Waals surface area contributed by atoms with Gasteiger partial charge in [-0.25, -0.2) is 0 Å². The number of hydrogen-bond acceptors (Lipinski definition) is 4. The number of amides is 1. The lowest BCUT2D eigenvalue weighted by atomic mass is 9.93. The van der Waals surface area contributed by atoms with Crippen LogP contribution < -0.4 is 9.64 Å². The molecule has 0 saturated carbocycles. The Morgan fingerprint density at radius 3 is 2.31 bits per heavy atom. The highest BCUT2D eigenvalue weighted by molar-refractivity contribution is 6.51. The van der Waals surface area contributed by atoms with Crippen LogP contribution in [0.3, 0.4) is 0 Å². The number of anilines is 1. The molecular weight excluding hydrogens is 402 g/mol. The quantitative estimate of drug-likeness (QED) is 0.351. The van der Waals surface area contributed by atoms with Crippen LogP contribution in [0.25, 0.3) is 5.76 Å². The number of nitrogens with zero attached hydrogens (tertiary/aromatic N) is 1. The Morgan fingerprint density at radius 1 is 0.906 bits per heavy atom. The Kier molecular flexibility index (Phi) is 5.57. The van der Waals surface area contributed by atoms with Crippen molar-refractivity contribution in [2.45, 2.75) is 26.8 Å². The molecule has 5 heteroatoms. The highest BCUT2D eigenvalue weighted by Gasteiger charge is 2.47. The third-order valence-electron chi connectivity index (χ3n) is 5.87. The number of Topliss-reactive ketones (excluding diaryl/α,β-unsaturated/α-hetero) is 1. The zero-order valence-electron chi connectivity index (χ0n) is 18.5. The van der Waals surface area contributed by atoms with E-state index in [2.05, 4.69) is 0 Å². The molecule has 1 unspecified atom stereocenters. The first kappa shape index (κ1) is 21.4. The monoisotopic (exact) mass is 427 g/mol. The first-order valence-corrected chi connectivity index (χ1v) is 10.4. The lowest BCUT2D eigenvalue weighted by Crippen LogP contribution is -2.30. The van der Waals surface area contributed by atoms with Gasteiger partial charge in [-0.15, -0.1) is 0 Å². The Hall–Kier alpha value is -3.86. The summed E-state index contributed by atoms with van der Waals surface area (Å²) < 4.78 is 5.26. The summed E-state index contributed by atoms with van der Waals surface area (Å²) in [6, 6.07) is 19.6. The molecule has 1 aliphatic heterocycles. The zero-order valence-corrected chi connectivity index (χ0v) is 18.5. The molecule has 5 nitrogen and oxygen atoms in total. The first-order chi connectivity index (χ1) is 15.3. The Labute approximate surface area is 187 Å². The minimum atomic E-state index is -0.738. The van der Waals surface area contributed by atoms with E-state index in [0.717, 1.165) is 22.3 Å².